The summed E-state index contributed by atoms with van der Waals surface area (Å²) in [4.78, 5) is 20.8. The van der Waals surface area contributed by atoms with Crippen LogP contribution in [-0.2, 0) is 0 Å². The van der Waals surface area contributed by atoms with E-state index in [1.54, 1.807) is 24.5 Å². The first-order valence-electron chi connectivity index (χ1n) is 7.63. The smallest absolute Gasteiger partial charge is 0.258 e. The topological polar surface area (TPSA) is 78.1 Å². The van der Waals surface area contributed by atoms with Gasteiger partial charge in [0.2, 0.25) is 5.82 Å². The average Bonchev–Trinajstić information content (AvgIpc) is 3.04. The fourth-order valence-corrected chi connectivity index (χ4v) is 2.74. The molecule has 1 aromatic carbocycles. The van der Waals surface area contributed by atoms with Crippen LogP contribution in [0.4, 0.5) is 0 Å². The molecule has 4 rings (SSSR count). The van der Waals surface area contributed by atoms with Gasteiger partial charge in [-0.1, -0.05) is 5.16 Å². The fourth-order valence-electron chi connectivity index (χ4n) is 2.74. The number of pyridine rings is 1. The number of carbonyl (C=O) groups is 1. The minimum atomic E-state index is -0.483. The molecule has 2 aromatic heterocycles. The third-order valence-corrected chi connectivity index (χ3v) is 3.85. The van der Waals surface area contributed by atoms with Crippen LogP contribution >= 0.6 is 0 Å². The van der Waals surface area contributed by atoms with E-state index in [2.05, 4.69) is 15.1 Å². The van der Waals surface area contributed by atoms with Gasteiger partial charge in [-0.05, 0) is 44.2 Å². The monoisotopic (exact) mass is 321 g/mol. The molecule has 6 nitrogen and oxygen atoms in total. The predicted molar refractivity (Wildman–Crippen MR) is 86.6 cm³/mol. The summed E-state index contributed by atoms with van der Waals surface area (Å²) in [5.74, 6) is 1.45. The number of benzene rings is 1. The highest BCUT2D eigenvalue weighted by molar-refractivity contribution is 6.01. The number of ketones is 1. The normalized spacial score (nSPS) is 15.7. The maximum absolute atomic E-state index is 12.4. The largest absolute Gasteiger partial charge is 0.487 e. The van der Waals surface area contributed by atoms with Crippen LogP contribution in [0.2, 0.25) is 0 Å². The average molecular weight is 321 g/mol. The van der Waals surface area contributed by atoms with Gasteiger partial charge in [0.1, 0.15) is 11.4 Å². The van der Waals surface area contributed by atoms with Gasteiger partial charge in [-0.3, -0.25) is 9.78 Å². The van der Waals surface area contributed by atoms with Crippen molar-refractivity contribution >= 4 is 5.78 Å². The molecule has 1 aliphatic rings. The van der Waals surface area contributed by atoms with Gasteiger partial charge in [0.15, 0.2) is 5.78 Å². The summed E-state index contributed by atoms with van der Waals surface area (Å²) >= 11 is 0. The van der Waals surface area contributed by atoms with E-state index in [4.69, 9.17) is 9.26 Å². The van der Waals surface area contributed by atoms with Crippen LogP contribution in [0, 0.1) is 0 Å². The fraction of sp³-hybridized carbons (Fsp3) is 0.222. The third-order valence-electron chi connectivity index (χ3n) is 3.85. The summed E-state index contributed by atoms with van der Waals surface area (Å²) in [6.07, 6.45) is 3.69. The number of hydrogen-bond donors (Lipinski definition) is 0. The maximum atomic E-state index is 12.4. The van der Waals surface area contributed by atoms with E-state index in [0.29, 0.717) is 35.0 Å². The number of ether oxygens (including phenoxy) is 1. The van der Waals surface area contributed by atoms with E-state index in [1.807, 2.05) is 32.0 Å². The second-order valence-electron chi connectivity index (χ2n) is 6.34. The zero-order valence-electron chi connectivity index (χ0n) is 13.3. The van der Waals surface area contributed by atoms with Crippen LogP contribution in [0.5, 0.6) is 5.75 Å². The van der Waals surface area contributed by atoms with Crippen molar-refractivity contribution < 1.29 is 14.1 Å². The Morgan fingerprint density at radius 3 is 2.83 bits per heavy atom. The molecule has 0 unspecified atom stereocenters. The molecule has 0 saturated heterocycles. The Labute approximate surface area is 138 Å². The lowest BCUT2D eigenvalue weighted by molar-refractivity contribution is 0.0620. The summed E-state index contributed by atoms with van der Waals surface area (Å²) in [6.45, 7) is 3.81. The Balaban J connectivity index is 1.71. The molecule has 120 valence electrons. The molecule has 0 N–H and O–H groups in total. The molecule has 3 heterocycles. The minimum Gasteiger partial charge on any atom is -0.487 e. The highest BCUT2D eigenvalue weighted by atomic mass is 16.5. The Kier molecular flexibility index (Phi) is 3.19. The van der Waals surface area contributed by atoms with Crippen molar-refractivity contribution in [3.63, 3.8) is 0 Å². The molecular formula is C18H15N3O3. The molecule has 0 amide bonds. The van der Waals surface area contributed by atoms with Crippen molar-refractivity contribution in [3.8, 4) is 28.6 Å². The number of carbonyl (C=O) groups excluding carboxylic acids is 1. The summed E-state index contributed by atoms with van der Waals surface area (Å²) in [6, 6.07) is 8.99. The molecule has 1 aliphatic heterocycles. The van der Waals surface area contributed by atoms with Crippen molar-refractivity contribution in [1.29, 1.82) is 0 Å². The Morgan fingerprint density at radius 2 is 2.04 bits per heavy atom. The Morgan fingerprint density at radius 1 is 1.17 bits per heavy atom. The zero-order chi connectivity index (χ0) is 16.7. The molecule has 0 fully saturated rings. The van der Waals surface area contributed by atoms with Crippen LogP contribution in [0.3, 0.4) is 0 Å². The first kappa shape index (κ1) is 14.6. The molecule has 0 radical (unpaired) electrons. The number of aromatic nitrogens is 3. The molecule has 24 heavy (non-hydrogen) atoms. The molecule has 6 heteroatoms. The molecular weight excluding hydrogens is 306 g/mol. The standard InChI is InChI=1S/C18H15N3O3/c1-18(2)9-14(22)13-8-11(5-6-15(13)23-18)17-20-16(21-24-17)12-4-3-7-19-10-12/h3-8,10H,9H2,1-2H3. The zero-order valence-corrected chi connectivity index (χ0v) is 13.3. The molecule has 0 bridgehead atoms. The van der Waals surface area contributed by atoms with E-state index in [0.717, 1.165) is 5.56 Å². The Hall–Kier alpha value is -3.02. The van der Waals surface area contributed by atoms with Crippen LogP contribution in [0.25, 0.3) is 22.8 Å². The van der Waals surface area contributed by atoms with Crippen LogP contribution in [0.1, 0.15) is 30.6 Å². The van der Waals surface area contributed by atoms with Gasteiger partial charge in [-0.25, -0.2) is 0 Å². The number of fused-ring (bicyclic) bond motifs is 1. The van der Waals surface area contributed by atoms with Crippen LogP contribution in [-0.4, -0.2) is 26.5 Å². The first-order chi connectivity index (χ1) is 11.5. The van der Waals surface area contributed by atoms with Gasteiger partial charge in [-0.2, -0.15) is 4.98 Å². The second kappa shape index (κ2) is 5.26. The maximum Gasteiger partial charge on any atom is 0.258 e. The molecule has 3 aromatic rings. The molecule has 0 spiro atoms. The number of nitrogens with zero attached hydrogens (tertiary/aromatic N) is 3. The van der Waals surface area contributed by atoms with Crippen molar-refractivity contribution in [2.24, 2.45) is 0 Å². The summed E-state index contributed by atoms with van der Waals surface area (Å²) < 4.78 is 11.2. The van der Waals surface area contributed by atoms with Gasteiger partial charge >= 0.3 is 0 Å². The quantitative estimate of drug-likeness (QED) is 0.718. The van der Waals surface area contributed by atoms with Gasteiger partial charge in [0, 0.05) is 23.5 Å². The lowest BCUT2D eigenvalue weighted by Crippen LogP contribution is -2.35. The van der Waals surface area contributed by atoms with Crippen molar-refractivity contribution in [2.45, 2.75) is 25.9 Å². The highest BCUT2D eigenvalue weighted by Gasteiger charge is 2.32. The van der Waals surface area contributed by atoms with Crippen molar-refractivity contribution in [3.05, 3.63) is 48.3 Å². The van der Waals surface area contributed by atoms with Crippen LogP contribution < -0.4 is 4.74 Å². The van der Waals surface area contributed by atoms with Gasteiger partial charge in [-0.15, -0.1) is 0 Å². The molecule has 0 saturated carbocycles. The van der Waals surface area contributed by atoms with Crippen molar-refractivity contribution in [1.82, 2.24) is 15.1 Å². The van der Waals surface area contributed by atoms with E-state index >= 15 is 0 Å². The highest BCUT2D eigenvalue weighted by Crippen LogP contribution is 2.35. The van der Waals surface area contributed by atoms with Crippen LogP contribution in [0.15, 0.2) is 47.2 Å². The first-order valence-corrected chi connectivity index (χ1v) is 7.63. The van der Waals surface area contributed by atoms with E-state index < -0.39 is 5.60 Å². The Bertz CT molecular complexity index is 916. The SMILES string of the molecule is CC1(C)CC(=O)c2cc(-c3nc(-c4cccnc4)no3)ccc2O1. The lowest BCUT2D eigenvalue weighted by Gasteiger charge is -2.31. The molecule has 0 atom stereocenters. The van der Waals surface area contributed by atoms with E-state index in [1.165, 1.54) is 0 Å². The van der Waals surface area contributed by atoms with Gasteiger partial charge < -0.3 is 9.26 Å². The number of rotatable bonds is 2. The summed E-state index contributed by atoms with van der Waals surface area (Å²) in [7, 11) is 0. The predicted octanol–water partition coefficient (Wildman–Crippen LogP) is 3.54. The number of hydrogen-bond acceptors (Lipinski definition) is 6. The van der Waals surface area contributed by atoms with Gasteiger partial charge in [0.05, 0.1) is 12.0 Å². The molecule has 0 aliphatic carbocycles. The van der Waals surface area contributed by atoms with Crippen molar-refractivity contribution in [2.75, 3.05) is 0 Å². The second-order valence-corrected chi connectivity index (χ2v) is 6.34. The van der Waals surface area contributed by atoms with E-state index in [-0.39, 0.29) is 5.78 Å². The summed E-state index contributed by atoms with van der Waals surface area (Å²) in [5, 5.41) is 3.97. The minimum absolute atomic E-state index is 0.0510. The number of Topliss-reactive ketones (excluding diaryl/α,β-unsaturated/α-hetero) is 1. The lowest BCUT2D eigenvalue weighted by atomic mass is 9.92. The summed E-state index contributed by atoms with van der Waals surface area (Å²) in [5.41, 5.74) is 1.52. The van der Waals surface area contributed by atoms with Gasteiger partial charge in [0.25, 0.3) is 5.89 Å². The third kappa shape index (κ3) is 2.56. The van der Waals surface area contributed by atoms with E-state index in [9.17, 15) is 4.79 Å².